The first kappa shape index (κ1) is 14.1. The molecular weight excluding hydrogens is 236 g/mol. The largest absolute Gasteiger partial charge is 0.317 e. The zero-order valence-electron chi connectivity index (χ0n) is 12.0. The Morgan fingerprint density at radius 1 is 1.32 bits per heavy atom. The van der Waals surface area contributed by atoms with Crippen molar-refractivity contribution in [3.8, 4) is 0 Å². The fourth-order valence-electron chi connectivity index (χ4n) is 2.79. The maximum Gasteiger partial charge on any atom is 0.227 e. The third-order valence-corrected chi connectivity index (χ3v) is 4.03. The number of nitrogens with one attached hydrogen (secondary N) is 1. The number of amides is 1. The van der Waals surface area contributed by atoms with Gasteiger partial charge in [0.05, 0.1) is 0 Å². The number of rotatable bonds is 6. The van der Waals surface area contributed by atoms with Crippen LogP contribution in [0.4, 0.5) is 5.69 Å². The topological polar surface area (TPSA) is 32.3 Å². The maximum atomic E-state index is 12.1. The molecule has 1 heterocycles. The van der Waals surface area contributed by atoms with Crippen molar-refractivity contribution >= 4 is 11.6 Å². The van der Waals surface area contributed by atoms with Gasteiger partial charge in [0.15, 0.2) is 0 Å². The molecule has 1 N–H and O–H groups in total. The quantitative estimate of drug-likeness (QED) is 0.853. The van der Waals surface area contributed by atoms with Crippen LogP contribution < -0.4 is 10.2 Å². The molecule has 0 aliphatic carbocycles. The number of hydrogen-bond acceptors (Lipinski definition) is 2. The van der Waals surface area contributed by atoms with Crippen molar-refractivity contribution in [3.05, 3.63) is 29.8 Å². The molecule has 0 saturated heterocycles. The number of nitrogens with zero attached hydrogens (tertiary/aromatic N) is 1. The Labute approximate surface area is 116 Å². The molecule has 1 aromatic rings. The van der Waals surface area contributed by atoms with E-state index in [-0.39, 0.29) is 5.91 Å². The Hall–Kier alpha value is -1.35. The van der Waals surface area contributed by atoms with Gasteiger partial charge in [-0.25, -0.2) is 0 Å². The highest BCUT2D eigenvalue weighted by Crippen LogP contribution is 2.27. The van der Waals surface area contributed by atoms with Gasteiger partial charge in [-0.3, -0.25) is 4.79 Å². The molecule has 2 rings (SSSR count). The molecular formula is C16H24N2O. The van der Waals surface area contributed by atoms with E-state index >= 15 is 0 Å². The summed E-state index contributed by atoms with van der Waals surface area (Å²) >= 11 is 0. The second-order valence-electron chi connectivity index (χ2n) is 5.21. The number of carbonyl (C=O) groups excluding carboxylic acids is 1. The first-order chi connectivity index (χ1) is 9.26. The van der Waals surface area contributed by atoms with Crippen molar-refractivity contribution in [2.75, 3.05) is 18.5 Å². The molecule has 0 radical (unpaired) electrons. The van der Waals surface area contributed by atoms with Crippen LogP contribution in [0.3, 0.4) is 0 Å². The van der Waals surface area contributed by atoms with E-state index in [0.29, 0.717) is 12.5 Å². The Kier molecular flexibility index (Phi) is 4.97. The molecule has 104 valence electrons. The first-order valence-electron chi connectivity index (χ1n) is 7.31. The Balaban J connectivity index is 1.98. The highest BCUT2D eigenvalue weighted by atomic mass is 16.2. The minimum atomic E-state index is 0.274. The normalized spacial score (nSPS) is 16.3. The number of benzene rings is 1. The molecule has 1 amide bonds. The summed E-state index contributed by atoms with van der Waals surface area (Å²) in [7, 11) is 2.01. The molecule has 1 atom stereocenters. The average molecular weight is 260 g/mol. The van der Waals surface area contributed by atoms with E-state index in [4.69, 9.17) is 0 Å². The zero-order chi connectivity index (χ0) is 13.7. The van der Waals surface area contributed by atoms with Crippen LogP contribution in [0.1, 0.15) is 38.2 Å². The first-order valence-corrected chi connectivity index (χ1v) is 7.31. The number of anilines is 1. The molecule has 0 aromatic heterocycles. The number of fused-ring (bicyclic) bond motifs is 1. The average Bonchev–Trinajstić information content (AvgIpc) is 2.45. The van der Waals surface area contributed by atoms with Gasteiger partial charge in [0.1, 0.15) is 0 Å². The van der Waals surface area contributed by atoms with Crippen molar-refractivity contribution in [2.45, 2.75) is 45.1 Å². The SMILES string of the molecule is CCC(CCCN1C(=O)CCc2ccccc21)NC. The van der Waals surface area contributed by atoms with E-state index in [1.165, 1.54) is 5.56 Å². The van der Waals surface area contributed by atoms with Crippen molar-refractivity contribution < 1.29 is 4.79 Å². The third-order valence-electron chi connectivity index (χ3n) is 4.03. The van der Waals surface area contributed by atoms with Gasteiger partial charge < -0.3 is 10.2 Å². The molecule has 1 aliphatic heterocycles. The predicted octanol–water partition coefficient (Wildman–Crippen LogP) is 2.74. The lowest BCUT2D eigenvalue weighted by Crippen LogP contribution is -2.36. The molecule has 3 nitrogen and oxygen atoms in total. The lowest BCUT2D eigenvalue weighted by Gasteiger charge is -2.29. The van der Waals surface area contributed by atoms with E-state index in [9.17, 15) is 4.79 Å². The van der Waals surface area contributed by atoms with E-state index in [1.807, 2.05) is 18.0 Å². The zero-order valence-corrected chi connectivity index (χ0v) is 12.0. The van der Waals surface area contributed by atoms with E-state index in [0.717, 1.165) is 37.9 Å². The molecule has 1 aliphatic rings. The van der Waals surface area contributed by atoms with Crippen LogP contribution >= 0.6 is 0 Å². The molecule has 0 spiro atoms. The number of aryl methyl sites for hydroxylation is 1. The molecule has 19 heavy (non-hydrogen) atoms. The summed E-state index contributed by atoms with van der Waals surface area (Å²) in [5, 5.41) is 3.32. The molecule has 0 saturated carbocycles. The second-order valence-corrected chi connectivity index (χ2v) is 5.21. The summed E-state index contributed by atoms with van der Waals surface area (Å²) in [6.07, 6.45) is 4.86. The molecule has 1 aromatic carbocycles. The van der Waals surface area contributed by atoms with E-state index < -0.39 is 0 Å². The number of para-hydroxylation sites is 1. The summed E-state index contributed by atoms with van der Waals surface area (Å²) in [5.41, 5.74) is 2.43. The van der Waals surface area contributed by atoms with E-state index in [2.05, 4.69) is 30.4 Å². The van der Waals surface area contributed by atoms with Crippen molar-refractivity contribution in [2.24, 2.45) is 0 Å². The Morgan fingerprint density at radius 2 is 2.11 bits per heavy atom. The summed E-state index contributed by atoms with van der Waals surface area (Å²) in [4.78, 5) is 14.1. The van der Waals surface area contributed by atoms with Crippen molar-refractivity contribution in [1.29, 1.82) is 0 Å². The van der Waals surface area contributed by atoms with Crippen LogP contribution in [-0.2, 0) is 11.2 Å². The lowest BCUT2D eigenvalue weighted by atomic mass is 10.0. The highest BCUT2D eigenvalue weighted by molar-refractivity contribution is 5.96. The summed E-state index contributed by atoms with van der Waals surface area (Å²) in [6, 6.07) is 8.85. The summed E-state index contributed by atoms with van der Waals surface area (Å²) < 4.78 is 0. The van der Waals surface area contributed by atoms with Crippen molar-refractivity contribution in [1.82, 2.24) is 5.32 Å². The van der Waals surface area contributed by atoms with Gasteiger partial charge >= 0.3 is 0 Å². The van der Waals surface area contributed by atoms with Gasteiger partial charge in [0.2, 0.25) is 5.91 Å². The fraction of sp³-hybridized carbons (Fsp3) is 0.562. The van der Waals surface area contributed by atoms with Gasteiger partial charge in [-0.05, 0) is 44.4 Å². The van der Waals surface area contributed by atoms with Gasteiger partial charge in [0, 0.05) is 24.7 Å². The number of carbonyl (C=O) groups is 1. The third kappa shape index (κ3) is 3.35. The summed E-state index contributed by atoms with van der Waals surface area (Å²) in [5.74, 6) is 0.274. The van der Waals surface area contributed by atoms with Crippen LogP contribution in [0.25, 0.3) is 0 Å². The number of hydrogen-bond donors (Lipinski definition) is 1. The molecule has 3 heteroatoms. The second kappa shape index (κ2) is 6.71. The fourth-order valence-corrected chi connectivity index (χ4v) is 2.79. The van der Waals surface area contributed by atoms with Gasteiger partial charge in [-0.2, -0.15) is 0 Å². The smallest absolute Gasteiger partial charge is 0.227 e. The maximum absolute atomic E-state index is 12.1. The Morgan fingerprint density at radius 3 is 2.84 bits per heavy atom. The van der Waals surface area contributed by atoms with E-state index in [1.54, 1.807) is 0 Å². The van der Waals surface area contributed by atoms with Gasteiger partial charge in [-0.15, -0.1) is 0 Å². The molecule has 1 unspecified atom stereocenters. The minimum Gasteiger partial charge on any atom is -0.317 e. The highest BCUT2D eigenvalue weighted by Gasteiger charge is 2.23. The van der Waals surface area contributed by atoms with Crippen LogP contribution in [0.15, 0.2) is 24.3 Å². The van der Waals surface area contributed by atoms with Crippen LogP contribution in [-0.4, -0.2) is 25.5 Å². The molecule has 0 bridgehead atoms. The monoisotopic (exact) mass is 260 g/mol. The van der Waals surface area contributed by atoms with Crippen LogP contribution in [0, 0.1) is 0 Å². The molecule has 0 fully saturated rings. The lowest BCUT2D eigenvalue weighted by molar-refractivity contribution is -0.118. The standard InChI is InChI=1S/C16H24N2O/c1-3-14(17-2)8-6-12-18-15-9-5-4-7-13(15)10-11-16(18)19/h4-5,7,9,14,17H,3,6,8,10-12H2,1-2H3. The van der Waals surface area contributed by atoms with Gasteiger partial charge in [0.25, 0.3) is 0 Å². The Bertz CT molecular complexity index is 427. The summed E-state index contributed by atoms with van der Waals surface area (Å²) in [6.45, 7) is 3.04. The predicted molar refractivity (Wildman–Crippen MR) is 79.5 cm³/mol. The van der Waals surface area contributed by atoms with Crippen LogP contribution in [0.5, 0.6) is 0 Å². The van der Waals surface area contributed by atoms with Gasteiger partial charge in [-0.1, -0.05) is 25.1 Å². The van der Waals surface area contributed by atoms with Crippen molar-refractivity contribution in [3.63, 3.8) is 0 Å². The van der Waals surface area contributed by atoms with Crippen LogP contribution in [0.2, 0.25) is 0 Å². The minimum absolute atomic E-state index is 0.274.